The molecule has 0 saturated heterocycles. The van der Waals surface area contributed by atoms with Gasteiger partial charge in [-0.25, -0.2) is 19.9 Å². The summed E-state index contributed by atoms with van der Waals surface area (Å²) in [5.74, 6) is 1.65. The molecule has 4 rings (SSSR count). The van der Waals surface area contributed by atoms with E-state index < -0.39 is 0 Å². The van der Waals surface area contributed by atoms with Crippen LogP contribution < -0.4 is 5.73 Å². The molecule has 0 atom stereocenters. The van der Waals surface area contributed by atoms with Crippen LogP contribution in [0.1, 0.15) is 29.6 Å². The lowest BCUT2D eigenvalue weighted by Crippen LogP contribution is -2.07. The van der Waals surface area contributed by atoms with E-state index >= 15 is 0 Å². The number of halogens is 1. The molecule has 3 aromatic heterocycles. The Balaban J connectivity index is 0.00000225. The molecule has 0 amide bonds. The van der Waals surface area contributed by atoms with E-state index in [2.05, 4.69) is 34.4 Å². The van der Waals surface area contributed by atoms with Gasteiger partial charge in [-0.1, -0.05) is 19.1 Å². The molecule has 0 radical (unpaired) electrons. The number of hydrogen-bond donors (Lipinski definition) is 1. The van der Waals surface area contributed by atoms with Gasteiger partial charge in [-0.3, -0.25) is 0 Å². The van der Waals surface area contributed by atoms with E-state index in [0.717, 1.165) is 45.8 Å². The number of fused-ring (bicyclic) bond motifs is 1. The molecule has 3 heterocycles. The van der Waals surface area contributed by atoms with Gasteiger partial charge in [-0.2, -0.15) is 0 Å². The lowest BCUT2D eigenvalue weighted by atomic mass is 10.1. The summed E-state index contributed by atoms with van der Waals surface area (Å²) in [5.41, 5.74) is 12.6. The van der Waals surface area contributed by atoms with Gasteiger partial charge in [0.2, 0.25) is 0 Å². The first-order valence-corrected chi connectivity index (χ1v) is 9.06. The van der Waals surface area contributed by atoms with Gasteiger partial charge in [0.15, 0.2) is 11.5 Å². The summed E-state index contributed by atoms with van der Waals surface area (Å²) in [6, 6.07) is 9.69. The molecule has 0 saturated carbocycles. The second-order valence-electron chi connectivity index (χ2n) is 6.72. The molecule has 0 unspecified atom stereocenters. The van der Waals surface area contributed by atoms with Crippen molar-refractivity contribution in [3.05, 3.63) is 65.4 Å². The predicted octanol–water partition coefficient (Wildman–Crippen LogP) is 4.12. The Morgan fingerprint density at radius 2 is 1.75 bits per heavy atom. The third kappa shape index (κ3) is 3.55. The number of nitrogen functional groups attached to an aromatic ring is 1. The summed E-state index contributed by atoms with van der Waals surface area (Å²) < 4.78 is 2.16. The minimum Gasteiger partial charge on any atom is -0.398 e. The van der Waals surface area contributed by atoms with Crippen molar-refractivity contribution in [3.8, 4) is 11.4 Å². The molecule has 6 nitrogen and oxygen atoms in total. The van der Waals surface area contributed by atoms with Crippen molar-refractivity contribution >= 4 is 29.3 Å². The highest BCUT2D eigenvalue weighted by Crippen LogP contribution is 2.23. The Kier molecular flexibility index (Phi) is 5.61. The van der Waals surface area contributed by atoms with Crippen molar-refractivity contribution < 1.29 is 0 Å². The van der Waals surface area contributed by atoms with Gasteiger partial charge in [-0.15, -0.1) is 12.4 Å². The quantitative estimate of drug-likeness (QED) is 0.526. The van der Waals surface area contributed by atoms with E-state index in [1.807, 2.05) is 43.6 Å². The van der Waals surface area contributed by atoms with Crippen molar-refractivity contribution in [2.45, 2.75) is 33.7 Å². The minimum absolute atomic E-state index is 0. The summed E-state index contributed by atoms with van der Waals surface area (Å²) in [5, 5.41) is 0. The monoisotopic (exact) mass is 394 g/mol. The van der Waals surface area contributed by atoms with Gasteiger partial charge in [0, 0.05) is 41.3 Å². The van der Waals surface area contributed by atoms with Crippen LogP contribution in [-0.4, -0.2) is 24.5 Å². The number of aromatic nitrogens is 5. The Morgan fingerprint density at radius 3 is 2.43 bits per heavy atom. The number of para-hydroxylation sites is 1. The zero-order valence-electron chi connectivity index (χ0n) is 16.2. The number of imidazole rings is 1. The maximum Gasteiger partial charge on any atom is 0.161 e. The molecule has 0 bridgehead atoms. The number of nitrogens with zero attached hydrogens (tertiary/aromatic N) is 5. The maximum absolute atomic E-state index is 6.03. The van der Waals surface area contributed by atoms with Crippen molar-refractivity contribution in [2.24, 2.45) is 0 Å². The van der Waals surface area contributed by atoms with Crippen molar-refractivity contribution in [2.75, 3.05) is 5.73 Å². The first-order chi connectivity index (χ1) is 13.1. The lowest BCUT2D eigenvalue weighted by Gasteiger charge is -2.09. The molecule has 0 spiro atoms. The highest BCUT2D eigenvalue weighted by Gasteiger charge is 2.14. The van der Waals surface area contributed by atoms with Crippen LogP contribution in [0.15, 0.2) is 42.7 Å². The van der Waals surface area contributed by atoms with Crippen LogP contribution in [0.4, 0.5) is 5.69 Å². The zero-order valence-corrected chi connectivity index (χ0v) is 17.0. The van der Waals surface area contributed by atoms with Crippen molar-refractivity contribution in [1.82, 2.24) is 24.5 Å². The maximum atomic E-state index is 6.03. The second kappa shape index (κ2) is 7.94. The highest BCUT2D eigenvalue weighted by molar-refractivity contribution is 5.85. The summed E-state index contributed by atoms with van der Waals surface area (Å²) in [6.07, 6.45) is 4.54. The van der Waals surface area contributed by atoms with Gasteiger partial charge in [-0.05, 0) is 37.6 Å². The number of anilines is 1. The van der Waals surface area contributed by atoms with Crippen LogP contribution in [0.2, 0.25) is 0 Å². The van der Waals surface area contributed by atoms with Crippen LogP contribution in [0.5, 0.6) is 0 Å². The largest absolute Gasteiger partial charge is 0.398 e. The fourth-order valence-electron chi connectivity index (χ4n) is 3.34. The van der Waals surface area contributed by atoms with Crippen molar-refractivity contribution in [1.29, 1.82) is 0 Å². The van der Waals surface area contributed by atoms with Gasteiger partial charge < -0.3 is 10.3 Å². The molecule has 0 fully saturated rings. The van der Waals surface area contributed by atoms with Crippen LogP contribution in [0, 0.1) is 13.8 Å². The molecule has 28 heavy (non-hydrogen) atoms. The molecule has 144 valence electrons. The molecule has 7 heteroatoms. The fraction of sp³-hybridized carbons (Fsp3) is 0.238. The normalized spacial score (nSPS) is 10.8. The van der Waals surface area contributed by atoms with E-state index in [1.165, 1.54) is 0 Å². The fourth-order valence-corrected chi connectivity index (χ4v) is 3.34. The third-order valence-electron chi connectivity index (χ3n) is 4.66. The number of nitrogens with two attached hydrogens (primary N) is 1. The highest BCUT2D eigenvalue weighted by atomic mass is 35.5. The molecular formula is C21H23ClN6. The molecular weight excluding hydrogens is 372 g/mol. The number of rotatable bonds is 4. The second-order valence-corrected chi connectivity index (χ2v) is 6.72. The van der Waals surface area contributed by atoms with E-state index in [4.69, 9.17) is 15.7 Å². The predicted molar refractivity (Wildman–Crippen MR) is 115 cm³/mol. The van der Waals surface area contributed by atoms with E-state index in [1.54, 1.807) is 0 Å². The molecule has 2 N–H and O–H groups in total. The molecule has 0 aliphatic heterocycles. The van der Waals surface area contributed by atoms with Gasteiger partial charge in [0.05, 0.1) is 6.54 Å². The smallest absolute Gasteiger partial charge is 0.161 e. The van der Waals surface area contributed by atoms with E-state index in [9.17, 15) is 0 Å². The zero-order chi connectivity index (χ0) is 19.0. The summed E-state index contributed by atoms with van der Waals surface area (Å²) in [6.45, 7) is 6.84. The average molecular weight is 395 g/mol. The Bertz CT molecular complexity index is 1120. The third-order valence-corrected chi connectivity index (χ3v) is 4.66. The summed E-state index contributed by atoms with van der Waals surface area (Å²) >= 11 is 0. The Morgan fingerprint density at radius 1 is 1.04 bits per heavy atom. The van der Waals surface area contributed by atoms with E-state index in [-0.39, 0.29) is 12.4 Å². The lowest BCUT2D eigenvalue weighted by molar-refractivity contribution is 0.740. The number of aryl methyl sites for hydroxylation is 3. The van der Waals surface area contributed by atoms with Crippen molar-refractivity contribution in [3.63, 3.8) is 0 Å². The van der Waals surface area contributed by atoms with Crippen LogP contribution in [0.3, 0.4) is 0 Å². The van der Waals surface area contributed by atoms with Crippen LogP contribution >= 0.6 is 12.4 Å². The van der Waals surface area contributed by atoms with Crippen LogP contribution in [0.25, 0.3) is 22.6 Å². The summed E-state index contributed by atoms with van der Waals surface area (Å²) in [4.78, 5) is 18.5. The summed E-state index contributed by atoms with van der Waals surface area (Å²) in [7, 11) is 0. The number of benzene rings is 1. The Labute approximate surface area is 170 Å². The molecule has 4 aromatic rings. The van der Waals surface area contributed by atoms with E-state index in [0.29, 0.717) is 18.1 Å². The molecule has 0 aliphatic rings. The first-order valence-electron chi connectivity index (χ1n) is 9.06. The van der Waals surface area contributed by atoms with Gasteiger partial charge in [0.25, 0.3) is 0 Å². The SMILES string of the molecule is CCc1nc2c(C)cc(C)nc2n1Cc1cnc(-c2ccccc2N)nc1.Cl. The number of hydrogen-bond acceptors (Lipinski definition) is 5. The molecule has 1 aromatic carbocycles. The minimum atomic E-state index is 0. The molecule has 0 aliphatic carbocycles. The number of pyridine rings is 1. The average Bonchev–Trinajstić information content (AvgIpc) is 3.01. The topological polar surface area (TPSA) is 82.5 Å². The Hall–Kier alpha value is -2.99. The standard InChI is InChI=1S/C21H22N6.ClH/c1-4-18-26-19-13(2)9-14(3)25-21(19)27(18)12-15-10-23-20(24-11-15)16-7-5-6-8-17(16)22;/h5-11H,4,12,22H2,1-3H3;1H. The van der Waals surface area contributed by atoms with Crippen LogP contribution in [-0.2, 0) is 13.0 Å². The van der Waals surface area contributed by atoms with Gasteiger partial charge in [0.1, 0.15) is 11.3 Å². The van der Waals surface area contributed by atoms with Gasteiger partial charge >= 0.3 is 0 Å². The first kappa shape index (κ1) is 19.8.